The van der Waals surface area contributed by atoms with Crippen LogP contribution >= 0.6 is 0 Å². The van der Waals surface area contributed by atoms with E-state index in [-0.39, 0.29) is 5.41 Å². The van der Waals surface area contributed by atoms with E-state index in [9.17, 15) is 9.90 Å². The Morgan fingerprint density at radius 1 is 1.00 bits per heavy atom. The monoisotopic (exact) mass is 392 g/mol. The van der Waals surface area contributed by atoms with Crippen molar-refractivity contribution in [3.8, 4) is 0 Å². The fourth-order valence-electron chi connectivity index (χ4n) is 7.99. The molecule has 28 heavy (non-hydrogen) atoms. The predicted molar refractivity (Wildman–Crippen MR) is 114 cm³/mol. The third-order valence-electron chi connectivity index (χ3n) is 9.41. The summed E-state index contributed by atoms with van der Waals surface area (Å²) in [6, 6.07) is 0. The molecular formula is C25H44O3. The van der Waals surface area contributed by atoms with Gasteiger partial charge in [-0.25, -0.2) is 0 Å². The Hall–Kier alpha value is -0.410. The van der Waals surface area contributed by atoms with E-state index in [0.29, 0.717) is 29.6 Å². The van der Waals surface area contributed by atoms with Crippen LogP contribution < -0.4 is 0 Å². The van der Waals surface area contributed by atoms with E-state index >= 15 is 0 Å². The Balaban J connectivity index is 0.00000109. The molecule has 0 aromatic rings. The molecule has 0 amide bonds. The van der Waals surface area contributed by atoms with Gasteiger partial charge in [0.1, 0.15) is 5.78 Å². The first-order valence-electron chi connectivity index (χ1n) is 12.1. The first-order chi connectivity index (χ1) is 13.3. The fraction of sp³-hybridized carbons (Fsp3) is 0.960. The van der Waals surface area contributed by atoms with Gasteiger partial charge in [0, 0.05) is 18.9 Å². The standard InChI is InChI=1S/C23H38O3.C2H6/c1-21-11-5-12-23(25,15-26-3)14-16(21)8-9-17-18-6-4-7-20(24)22(18,2)13-10-19(17)21;1-2/h16-19,25H,4-15H2,1-3H3;1-2H3. The topological polar surface area (TPSA) is 46.5 Å². The minimum absolute atomic E-state index is 0.0376. The van der Waals surface area contributed by atoms with Crippen LogP contribution in [-0.2, 0) is 9.53 Å². The summed E-state index contributed by atoms with van der Waals surface area (Å²) >= 11 is 0. The maximum absolute atomic E-state index is 12.8. The van der Waals surface area contributed by atoms with E-state index in [4.69, 9.17) is 4.74 Å². The minimum Gasteiger partial charge on any atom is -0.387 e. The van der Waals surface area contributed by atoms with Crippen LogP contribution in [0.1, 0.15) is 98.3 Å². The summed E-state index contributed by atoms with van der Waals surface area (Å²) in [5.41, 5.74) is -0.332. The second kappa shape index (κ2) is 8.38. The zero-order valence-corrected chi connectivity index (χ0v) is 19.1. The molecule has 162 valence electrons. The third-order valence-corrected chi connectivity index (χ3v) is 9.41. The van der Waals surface area contributed by atoms with Gasteiger partial charge in [-0.2, -0.15) is 0 Å². The van der Waals surface area contributed by atoms with Crippen LogP contribution in [-0.4, -0.2) is 30.2 Å². The average Bonchev–Trinajstić information content (AvgIpc) is 2.80. The van der Waals surface area contributed by atoms with Crippen LogP contribution in [0.15, 0.2) is 0 Å². The van der Waals surface area contributed by atoms with Crippen molar-refractivity contribution in [1.82, 2.24) is 0 Å². The normalized spacial score (nSPS) is 48.3. The Bertz CT molecular complexity index is 560. The molecule has 7 atom stereocenters. The van der Waals surface area contributed by atoms with E-state index in [1.54, 1.807) is 7.11 Å². The molecule has 0 spiro atoms. The molecule has 1 N–H and O–H groups in total. The number of fused-ring (bicyclic) bond motifs is 5. The molecule has 4 aliphatic carbocycles. The number of hydrogen-bond donors (Lipinski definition) is 1. The third kappa shape index (κ3) is 3.60. The SMILES string of the molecule is CC.COCC1(O)CCCC2(C)C(CCC3C4CCCC(=O)C4(C)CCC32)C1. The van der Waals surface area contributed by atoms with Crippen molar-refractivity contribution in [3.05, 3.63) is 0 Å². The number of carbonyl (C=O) groups is 1. The van der Waals surface area contributed by atoms with Crippen molar-refractivity contribution in [2.24, 2.45) is 34.5 Å². The second-order valence-electron chi connectivity index (χ2n) is 10.6. The van der Waals surface area contributed by atoms with Crippen LogP contribution in [0.3, 0.4) is 0 Å². The Kier molecular flexibility index (Phi) is 6.67. The number of Topliss-reactive ketones (excluding diaryl/α,β-unsaturated/α-hetero) is 1. The van der Waals surface area contributed by atoms with Crippen LogP contribution in [0.4, 0.5) is 0 Å². The van der Waals surface area contributed by atoms with E-state index in [1.807, 2.05) is 13.8 Å². The van der Waals surface area contributed by atoms with Gasteiger partial charge in [0.05, 0.1) is 12.2 Å². The maximum Gasteiger partial charge on any atom is 0.139 e. The largest absolute Gasteiger partial charge is 0.387 e. The molecule has 4 rings (SSSR count). The number of hydrogen-bond acceptors (Lipinski definition) is 3. The van der Waals surface area contributed by atoms with Gasteiger partial charge < -0.3 is 9.84 Å². The number of aliphatic hydroxyl groups is 1. The Morgan fingerprint density at radius 2 is 1.75 bits per heavy atom. The highest BCUT2D eigenvalue weighted by molar-refractivity contribution is 5.85. The lowest BCUT2D eigenvalue weighted by Gasteiger charge is -2.60. The average molecular weight is 393 g/mol. The molecule has 3 heteroatoms. The van der Waals surface area contributed by atoms with Crippen LogP contribution in [0.5, 0.6) is 0 Å². The molecule has 0 aromatic carbocycles. The Labute approximate surface area is 173 Å². The number of methoxy groups -OCH3 is 1. The fourth-order valence-corrected chi connectivity index (χ4v) is 7.99. The van der Waals surface area contributed by atoms with Crippen molar-refractivity contribution >= 4 is 5.78 Å². The number of ketones is 1. The summed E-state index contributed by atoms with van der Waals surface area (Å²) in [6.45, 7) is 9.29. The molecule has 3 nitrogen and oxygen atoms in total. The summed E-state index contributed by atoms with van der Waals surface area (Å²) in [6.07, 6.45) is 12.1. The summed E-state index contributed by atoms with van der Waals surface area (Å²) in [5.74, 6) is 3.24. The van der Waals surface area contributed by atoms with E-state index in [2.05, 4.69) is 13.8 Å². The molecule has 0 bridgehead atoms. The molecule has 0 heterocycles. The number of carbonyl (C=O) groups excluding carboxylic acids is 1. The number of ether oxygens (including phenoxy) is 1. The molecule has 0 aliphatic heterocycles. The van der Waals surface area contributed by atoms with E-state index in [0.717, 1.165) is 50.4 Å². The maximum atomic E-state index is 12.8. The van der Waals surface area contributed by atoms with Gasteiger partial charge in [0.2, 0.25) is 0 Å². The van der Waals surface area contributed by atoms with Gasteiger partial charge >= 0.3 is 0 Å². The molecule has 4 aliphatic rings. The van der Waals surface area contributed by atoms with Crippen LogP contribution in [0.25, 0.3) is 0 Å². The highest BCUT2D eigenvalue weighted by Gasteiger charge is 2.59. The van der Waals surface area contributed by atoms with Crippen LogP contribution in [0, 0.1) is 34.5 Å². The smallest absolute Gasteiger partial charge is 0.139 e. The molecule has 0 radical (unpaired) electrons. The molecule has 4 saturated carbocycles. The molecular weight excluding hydrogens is 348 g/mol. The lowest BCUT2D eigenvalue weighted by atomic mass is 9.44. The lowest BCUT2D eigenvalue weighted by Crippen LogP contribution is -2.55. The first-order valence-corrected chi connectivity index (χ1v) is 12.1. The van der Waals surface area contributed by atoms with Crippen molar-refractivity contribution in [2.75, 3.05) is 13.7 Å². The first kappa shape index (κ1) is 22.3. The zero-order chi connectivity index (χ0) is 20.6. The highest BCUT2D eigenvalue weighted by atomic mass is 16.5. The second-order valence-corrected chi connectivity index (χ2v) is 10.6. The Morgan fingerprint density at radius 3 is 2.46 bits per heavy atom. The summed E-state index contributed by atoms with van der Waals surface area (Å²) < 4.78 is 5.37. The molecule has 0 aromatic heterocycles. The lowest BCUT2D eigenvalue weighted by molar-refractivity contribution is -0.154. The molecule has 4 fully saturated rings. The van der Waals surface area contributed by atoms with Crippen LogP contribution in [0.2, 0.25) is 0 Å². The van der Waals surface area contributed by atoms with Gasteiger partial charge in [-0.1, -0.05) is 27.7 Å². The van der Waals surface area contributed by atoms with Crippen molar-refractivity contribution in [2.45, 2.75) is 104 Å². The molecule has 0 saturated heterocycles. The summed E-state index contributed by atoms with van der Waals surface area (Å²) in [7, 11) is 1.71. The van der Waals surface area contributed by atoms with Gasteiger partial charge in [-0.15, -0.1) is 0 Å². The van der Waals surface area contributed by atoms with E-state index in [1.165, 1.54) is 32.1 Å². The van der Waals surface area contributed by atoms with E-state index < -0.39 is 5.60 Å². The van der Waals surface area contributed by atoms with Gasteiger partial charge in [-0.3, -0.25) is 4.79 Å². The zero-order valence-electron chi connectivity index (χ0n) is 19.1. The highest BCUT2D eigenvalue weighted by Crippen LogP contribution is 2.64. The quantitative estimate of drug-likeness (QED) is 0.648. The summed E-state index contributed by atoms with van der Waals surface area (Å²) in [5, 5.41) is 11.1. The van der Waals surface area contributed by atoms with Gasteiger partial charge in [-0.05, 0) is 93.3 Å². The molecule has 7 unspecified atom stereocenters. The minimum atomic E-state index is -0.631. The van der Waals surface area contributed by atoms with Crippen molar-refractivity contribution in [1.29, 1.82) is 0 Å². The van der Waals surface area contributed by atoms with Crippen molar-refractivity contribution in [3.63, 3.8) is 0 Å². The van der Waals surface area contributed by atoms with Crippen molar-refractivity contribution < 1.29 is 14.6 Å². The van der Waals surface area contributed by atoms with Gasteiger partial charge in [0.25, 0.3) is 0 Å². The predicted octanol–water partition coefficient (Wildman–Crippen LogP) is 5.78. The van der Waals surface area contributed by atoms with Gasteiger partial charge in [0.15, 0.2) is 0 Å². The summed E-state index contributed by atoms with van der Waals surface area (Å²) in [4.78, 5) is 12.8. The number of rotatable bonds is 2.